The van der Waals surface area contributed by atoms with E-state index in [0.29, 0.717) is 10.8 Å². The third-order valence-corrected chi connectivity index (χ3v) is 6.55. The van der Waals surface area contributed by atoms with Crippen molar-refractivity contribution >= 4 is 0 Å². The number of rotatable bonds is 3. The molecule has 1 heterocycles. The Kier molecular flexibility index (Phi) is 2.71. The van der Waals surface area contributed by atoms with Crippen LogP contribution in [0.3, 0.4) is 0 Å². The minimum Gasteiger partial charge on any atom is -0.392 e. The van der Waals surface area contributed by atoms with Gasteiger partial charge in [-0.05, 0) is 66.8 Å². The lowest BCUT2D eigenvalue weighted by Crippen LogP contribution is -2.59. The number of aryl methyl sites for hydroxylation is 1. The van der Waals surface area contributed by atoms with Crippen LogP contribution < -0.4 is 0 Å². The molecule has 1 aromatic rings. The Morgan fingerprint density at radius 1 is 1.24 bits per heavy atom. The van der Waals surface area contributed by atoms with E-state index < -0.39 is 0 Å². The molecule has 4 saturated carbocycles. The van der Waals surface area contributed by atoms with Crippen LogP contribution in [0.1, 0.15) is 58.1 Å². The van der Waals surface area contributed by atoms with Crippen LogP contribution in [-0.2, 0) is 13.5 Å². The third kappa shape index (κ3) is 2.16. The molecular formula is C18H28N2O. The molecule has 21 heavy (non-hydrogen) atoms. The minimum atomic E-state index is -0.227. The zero-order chi connectivity index (χ0) is 14.9. The van der Waals surface area contributed by atoms with Gasteiger partial charge in [0.1, 0.15) is 0 Å². The molecule has 4 fully saturated rings. The van der Waals surface area contributed by atoms with Crippen LogP contribution in [0.5, 0.6) is 0 Å². The summed E-state index contributed by atoms with van der Waals surface area (Å²) in [6.45, 7) is 4.94. The number of hydrogen-bond acceptors (Lipinski definition) is 2. The first kappa shape index (κ1) is 13.8. The SMILES string of the molecule is Cn1ccc(CC(O)C23CC4CC(C)(CC(C)(C4)C2)C3)n1. The fourth-order valence-electron chi connectivity index (χ4n) is 6.89. The van der Waals surface area contributed by atoms with E-state index in [9.17, 15) is 5.11 Å². The lowest BCUT2D eigenvalue weighted by molar-refractivity contribution is -0.185. The van der Waals surface area contributed by atoms with E-state index in [2.05, 4.69) is 18.9 Å². The molecule has 3 heteroatoms. The Hall–Kier alpha value is -0.830. The second kappa shape index (κ2) is 4.13. The van der Waals surface area contributed by atoms with E-state index in [0.717, 1.165) is 18.0 Å². The summed E-state index contributed by atoms with van der Waals surface area (Å²) in [7, 11) is 1.95. The fourth-order valence-corrected chi connectivity index (χ4v) is 6.89. The van der Waals surface area contributed by atoms with E-state index >= 15 is 0 Å². The van der Waals surface area contributed by atoms with Gasteiger partial charge < -0.3 is 5.11 Å². The molecule has 0 aromatic carbocycles. The average molecular weight is 288 g/mol. The van der Waals surface area contributed by atoms with Gasteiger partial charge in [0, 0.05) is 19.7 Å². The van der Waals surface area contributed by atoms with Gasteiger partial charge in [-0.2, -0.15) is 5.10 Å². The first-order valence-electron chi connectivity index (χ1n) is 8.47. The molecule has 4 aliphatic rings. The molecule has 0 aliphatic heterocycles. The molecule has 4 bridgehead atoms. The summed E-state index contributed by atoms with van der Waals surface area (Å²) in [6.07, 6.45) is 10.3. The van der Waals surface area contributed by atoms with Crippen LogP contribution in [0.15, 0.2) is 12.3 Å². The predicted octanol–water partition coefficient (Wildman–Crippen LogP) is 3.32. The Morgan fingerprint density at radius 2 is 1.90 bits per heavy atom. The zero-order valence-electron chi connectivity index (χ0n) is 13.6. The highest BCUT2D eigenvalue weighted by Crippen LogP contribution is 2.70. The number of aliphatic hydroxyl groups is 1. The van der Waals surface area contributed by atoms with E-state index in [-0.39, 0.29) is 11.5 Å². The predicted molar refractivity (Wildman–Crippen MR) is 82.8 cm³/mol. The molecule has 4 aliphatic carbocycles. The molecule has 3 unspecified atom stereocenters. The monoisotopic (exact) mass is 288 g/mol. The molecule has 0 spiro atoms. The molecule has 5 rings (SSSR count). The summed E-state index contributed by atoms with van der Waals surface area (Å²) in [4.78, 5) is 0. The van der Waals surface area contributed by atoms with Crippen molar-refractivity contribution in [1.29, 1.82) is 0 Å². The quantitative estimate of drug-likeness (QED) is 0.926. The van der Waals surface area contributed by atoms with Crippen molar-refractivity contribution in [3.05, 3.63) is 18.0 Å². The first-order valence-corrected chi connectivity index (χ1v) is 8.47. The number of aromatic nitrogens is 2. The molecule has 1 N–H and O–H groups in total. The summed E-state index contributed by atoms with van der Waals surface area (Å²) in [5, 5.41) is 15.5. The largest absolute Gasteiger partial charge is 0.392 e. The van der Waals surface area contributed by atoms with Gasteiger partial charge in [-0.3, -0.25) is 4.68 Å². The molecule has 0 radical (unpaired) electrons. The smallest absolute Gasteiger partial charge is 0.0652 e. The van der Waals surface area contributed by atoms with Crippen molar-refractivity contribution in [2.24, 2.45) is 29.2 Å². The van der Waals surface area contributed by atoms with Gasteiger partial charge >= 0.3 is 0 Å². The van der Waals surface area contributed by atoms with Crippen LogP contribution in [0.2, 0.25) is 0 Å². The lowest BCUT2D eigenvalue weighted by Gasteiger charge is -2.66. The number of aliphatic hydroxyl groups excluding tert-OH is 1. The number of hydrogen-bond donors (Lipinski definition) is 1. The van der Waals surface area contributed by atoms with E-state index in [1.807, 2.05) is 24.0 Å². The van der Waals surface area contributed by atoms with Crippen LogP contribution >= 0.6 is 0 Å². The average Bonchev–Trinajstić information content (AvgIpc) is 2.69. The van der Waals surface area contributed by atoms with Crippen LogP contribution in [0.25, 0.3) is 0 Å². The van der Waals surface area contributed by atoms with Gasteiger partial charge in [0.15, 0.2) is 0 Å². The molecule has 3 nitrogen and oxygen atoms in total. The Labute approximate surface area is 127 Å². The standard InChI is InChI=1S/C18H28N2O/c1-16-7-13-8-17(2,10-16)12-18(9-13,11-16)15(21)6-14-4-5-20(3)19-14/h4-5,13,15,21H,6-12H2,1-3H3. The van der Waals surface area contributed by atoms with E-state index in [4.69, 9.17) is 0 Å². The highest BCUT2D eigenvalue weighted by Gasteiger charge is 2.61. The Balaban J connectivity index is 1.61. The molecule has 3 atom stereocenters. The van der Waals surface area contributed by atoms with Gasteiger partial charge in [0.05, 0.1) is 11.8 Å². The van der Waals surface area contributed by atoms with Crippen LogP contribution in [0, 0.1) is 22.2 Å². The van der Waals surface area contributed by atoms with Crippen LogP contribution in [-0.4, -0.2) is 21.0 Å². The fraction of sp³-hybridized carbons (Fsp3) is 0.833. The Bertz CT molecular complexity index is 545. The van der Waals surface area contributed by atoms with Gasteiger partial charge in [-0.25, -0.2) is 0 Å². The lowest BCUT2D eigenvalue weighted by atomic mass is 9.39. The highest BCUT2D eigenvalue weighted by molar-refractivity contribution is 5.14. The molecule has 0 saturated heterocycles. The van der Waals surface area contributed by atoms with Crippen molar-refractivity contribution < 1.29 is 5.11 Å². The van der Waals surface area contributed by atoms with E-state index in [1.165, 1.54) is 38.5 Å². The van der Waals surface area contributed by atoms with Gasteiger partial charge in [0.25, 0.3) is 0 Å². The van der Waals surface area contributed by atoms with Crippen molar-refractivity contribution in [2.75, 3.05) is 0 Å². The summed E-state index contributed by atoms with van der Waals surface area (Å²) in [5.74, 6) is 0.842. The minimum absolute atomic E-state index is 0.153. The molecule has 1 aromatic heterocycles. The maximum absolute atomic E-state index is 11.1. The molecule has 116 valence electrons. The highest BCUT2D eigenvalue weighted by atomic mass is 16.3. The van der Waals surface area contributed by atoms with Crippen molar-refractivity contribution in [3.63, 3.8) is 0 Å². The first-order chi connectivity index (χ1) is 9.80. The van der Waals surface area contributed by atoms with Gasteiger partial charge in [-0.15, -0.1) is 0 Å². The van der Waals surface area contributed by atoms with E-state index in [1.54, 1.807) is 0 Å². The van der Waals surface area contributed by atoms with Crippen molar-refractivity contribution in [2.45, 2.75) is 64.9 Å². The van der Waals surface area contributed by atoms with Gasteiger partial charge in [-0.1, -0.05) is 13.8 Å². The zero-order valence-corrected chi connectivity index (χ0v) is 13.6. The number of nitrogens with zero attached hydrogens (tertiary/aromatic N) is 2. The second-order valence-electron chi connectivity index (χ2n) is 9.19. The van der Waals surface area contributed by atoms with Crippen molar-refractivity contribution in [1.82, 2.24) is 9.78 Å². The summed E-state index contributed by atoms with van der Waals surface area (Å²) < 4.78 is 1.84. The normalized spacial score (nSPS) is 46.0. The van der Waals surface area contributed by atoms with Gasteiger partial charge in [0.2, 0.25) is 0 Å². The second-order valence-corrected chi connectivity index (χ2v) is 9.19. The summed E-state index contributed by atoms with van der Waals surface area (Å²) in [6, 6.07) is 2.05. The third-order valence-electron chi connectivity index (χ3n) is 6.55. The Morgan fingerprint density at radius 3 is 2.43 bits per heavy atom. The molecular weight excluding hydrogens is 260 g/mol. The topological polar surface area (TPSA) is 38.0 Å². The molecule has 0 amide bonds. The maximum Gasteiger partial charge on any atom is 0.0652 e. The van der Waals surface area contributed by atoms with Crippen LogP contribution in [0.4, 0.5) is 0 Å². The maximum atomic E-state index is 11.1. The van der Waals surface area contributed by atoms with Crippen molar-refractivity contribution in [3.8, 4) is 0 Å². The summed E-state index contributed by atoms with van der Waals surface area (Å²) in [5.41, 5.74) is 2.13. The summed E-state index contributed by atoms with van der Waals surface area (Å²) >= 11 is 0.